The molecule has 4 nitrogen and oxygen atoms in total. The first-order chi connectivity index (χ1) is 9.02. The van der Waals surface area contributed by atoms with Crippen molar-refractivity contribution >= 4 is 51.7 Å². The molecule has 0 aromatic heterocycles. The van der Waals surface area contributed by atoms with Crippen LogP contribution in [0.2, 0.25) is 5.02 Å². The molecule has 0 aliphatic carbocycles. The van der Waals surface area contributed by atoms with Crippen molar-refractivity contribution in [3.63, 3.8) is 0 Å². The van der Waals surface area contributed by atoms with Crippen LogP contribution in [0.4, 0.5) is 5.69 Å². The van der Waals surface area contributed by atoms with Crippen molar-refractivity contribution in [3.8, 4) is 0 Å². The van der Waals surface area contributed by atoms with Crippen molar-refractivity contribution in [1.29, 1.82) is 0 Å². The molecule has 1 aromatic rings. The van der Waals surface area contributed by atoms with Gasteiger partial charge in [0, 0.05) is 8.59 Å². The summed E-state index contributed by atoms with van der Waals surface area (Å²) in [6.07, 6.45) is 1.51. The van der Waals surface area contributed by atoms with Crippen LogP contribution in [-0.4, -0.2) is 24.4 Å². The lowest BCUT2D eigenvalue weighted by Gasteiger charge is -2.33. The van der Waals surface area contributed by atoms with Gasteiger partial charge in [0.25, 0.3) is 0 Å². The molecule has 1 aliphatic heterocycles. The lowest BCUT2D eigenvalue weighted by atomic mass is 10.1. The Morgan fingerprint density at radius 2 is 2.21 bits per heavy atom. The molecule has 1 heterocycles. The third-order valence-electron chi connectivity index (χ3n) is 2.98. The quantitative estimate of drug-likeness (QED) is 0.804. The fourth-order valence-corrected chi connectivity index (χ4v) is 3.26. The van der Waals surface area contributed by atoms with Gasteiger partial charge in [0.2, 0.25) is 11.8 Å². The van der Waals surface area contributed by atoms with Crippen LogP contribution in [0.15, 0.2) is 18.2 Å². The van der Waals surface area contributed by atoms with Gasteiger partial charge in [0.15, 0.2) is 0 Å². The van der Waals surface area contributed by atoms with Gasteiger partial charge in [-0.1, -0.05) is 24.9 Å². The van der Waals surface area contributed by atoms with Crippen LogP contribution in [0.1, 0.15) is 19.8 Å². The van der Waals surface area contributed by atoms with E-state index >= 15 is 0 Å². The molecule has 19 heavy (non-hydrogen) atoms. The number of anilines is 1. The molecule has 1 unspecified atom stereocenters. The van der Waals surface area contributed by atoms with E-state index in [2.05, 4.69) is 27.9 Å². The Hall–Kier alpha value is -0.820. The Labute approximate surface area is 130 Å². The number of benzene rings is 1. The minimum atomic E-state index is -0.419. The summed E-state index contributed by atoms with van der Waals surface area (Å²) in [5.74, 6) is -0.175. The number of piperazine rings is 1. The predicted octanol–water partition coefficient (Wildman–Crippen LogP) is 2.58. The summed E-state index contributed by atoms with van der Waals surface area (Å²) in [5, 5.41) is 3.36. The number of nitrogens with zero attached hydrogens (tertiary/aromatic N) is 1. The summed E-state index contributed by atoms with van der Waals surface area (Å²) in [4.78, 5) is 25.6. The summed E-state index contributed by atoms with van der Waals surface area (Å²) < 4.78 is 0.864. The van der Waals surface area contributed by atoms with Crippen LogP contribution in [0, 0.1) is 3.57 Å². The number of hydrogen-bond donors (Lipinski definition) is 1. The molecule has 0 saturated carbocycles. The van der Waals surface area contributed by atoms with E-state index in [0.29, 0.717) is 11.4 Å². The summed E-state index contributed by atoms with van der Waals surface area (Å²) in [5.41, 5.74) is 0.742. The normalized spacial score (nSPS) is 19.5. The van der Waals surface area contributed by atoms with Crippen molar-refractivity contribution in [2.75, 3.05) is 11.4 Å². The van der Waals surface area contributed by atoms with Gasteiger partial charge < -0.3 is 10.2 Å². The van der Waals surface area contributed by atoms with Crippen LogP contribution in [0.25, 0.3) is 0 Å². The fraction of sp³-hybridized carbons (Fsp3) is 0.385. The maximum atomic E-state index is 12.4. The number of hydrogen-bond acceptors (Lipinski definition) is 2. The first-order valence-corrected chi connectivity index (χ1v) is 7.54. The smallest absolute Gasteiger partial charge is 0.250 e. The summed E-state index contributed by atoms with van der Waals surface area (Å²) in [7, 11) is 0. The zero-order chi connectivity index (χ0) is 14.0. The maximum Gasteiger partial charge on any atom is 0.250 e. The molecule has 6 heteroatoms. The molecule has 1 atom stereocenters. The highest BCUT2D eigenvalue weighted by Crippen LogP contribution is 2.27. The number of halogens is 2. The largest absolute Gasteiger partial charge is 0.343 e. The minimum Gasteiger partial charge on any atom is -0.343 e. The molecule has 1 aliphatic rings. The highest BCUT2D eigenvalue weighted by molar-refractivity contribution is 14.1. The predicted molar refractivity (Wildman–Crippen MR) is 83.4 cm³/mol. The van der Waals surface area contributed by atoms with E-state index in [9.17, 15) is 9.59 Å². The molecule has 0 bridgehead atoms. The molecule has 2 amide bonds. The molecular weight excluding hydrogens is 379 g/mol. The fourth-order valence-electron chi connectivity index (χ4n) is 2.10. The molecule has 2 rings (SSSR count). The minimum absolute atomic E-state index is 0.0540. The van der Waals surface area contributed by atoms with Gasteiger partial charge in [0.05, 0.1) is 5.69 Å². The van der Waals surface area contributed by atoms with Gasteiger partial charge >= 0.3 is 0 Å². The zero-order valence-electron chi connectivity index (χ0n) is 10.5. The van der Waals surface area contributed by atoms with E-state index < -0.39 is 6.04 Å². The molecule has 0 radical (unpaired) electrons. The third-order valence-corrected chi connectivity index (χ3v) is 4.08. The number of rotatable bonds is 3. The SMILES string of the molecule is CCCC1NC(=O)CN(c2ccc(Cl)cc2I)C1=O. The molecular formula is C13H14ClIN2O2. The molecule has 0 spiro atoms. The Kier molecular flexibility index (Phi) is 4.67. The summed E-state index contributed by atoms with van der Waals surface area (Å²) in [6.45, 7) is 2.06. The topological polar surface area (TPSA) is 49.4 Å². The van der Waals surface area contributed by atoms with Crippen LogP contribution in [0.5, 0.6) is 0 Å². The lowest BCUT2D eigenvalue weighted by Crippen LogP contribution is -2.58. The van der Waals surface area contributed by atoms with E-state index in [-0.39, 0.29) is 18.4 Å². The zero-order valence-corrected chi connectivity index (χ0v) is 13.4. The third kappa shape index (κ3) is 3.20. The summed E-state index contributed by atoms with van der Waals surface area (Å²) >= 11 is 8.04. The van der Waals surface area contributed by atoms with Crippen LogP contribution >= 0.6 is 34.2 Å². The molecule has 1 N–H and O–H groups in total. The van der Waals surface area contributed by atoms with Crippen LogP contribution in [-0.2, 0) is 9.59 Å². The Bertz CT molecular complexity index is 521. The first-order valence-electron chi connectivity index (χ1n) is 6.08. The molecule has 1 aromatic carbocycles. The van der Waals surface area contributed by atoms with Crippen molar-refractivity contribution < 1.29 is 9.59 Å². The summed E-state index contributed by atoms with van der Waals surface area (Å²) in [6, 6.07) is 4.88. The Balaban J connectivity index is 2.31. The van der Waals surface area contributed by atoms with Gasteiger partial charge in [-0.15, -0.1) is 0 Å². The number of nitrogens with one attached hydrogen (secondary N) is 1. The molecule has 102 valence electrons. The van der Waals surface area contributed by atoms with Gasteiger partial charge in [-0.05, 0) is 47.2 Å². The van der Waals surface area contributed by atoms with E-state index in [4.69, 9.17) is 11.6 Å². The lowest BCUT2D eigenvalue weighted by molar-refractivity contribution is -0.131. The standard InChI is InChI=1S/C13H14ClIN2O2/c1-2-3-10-13(19)17(7-12(18)16-10)11-5-4-8(14)6-9(11)15/h4-6,10H,2-3,7H2,1H3,(H,16,18). The second-order valence-electron chi connectivity index (χ2n) is 4.43. The first kappa shape index (κ1) is 14.6. The van der Waals surface area contributed by atoms with Gasteiger partial charge in [-0.3, -0.25) is 9.59 Å². The highest BCUT2D eigenvalue weighted by atomic mass is 127. The van der Waals surface area contributed by atoms with Crippen molar-refractivity contribution in [2.24, 2.45) is 0 Å². The average Bonchev–Trinajstić information content (AvgIpc) is 2.34. The monoisotopic (exact) mass is 392 g/mol. The number of carbonyl (C=O) groups excluding carboxylic acids is 2. The van der Waals surface area contributed by atoms with E-state index in [1.807, 2.05) is 6.92 Å². The van der Waals surface area contributed by atoms with Gasteiger partial charge in [0.1, 0.15) is 12.6 Å². The second kappa shape index (κ2) is 6.09. The second-order valence-corrected chi connectivity index (χ2v) is 6.03. The maximum absolute atomic E-state index is 12.4. The van der Waals surface area contributed by atoms with E-state index in [1.165, 1.54) is 4.90 Å². The molecule has 1 fully saturated rings. The van der Waals surface area contributed by atoms with Crippen molar-refractivity contribution in [1.82, 2.24) is 5.32 Å². The van der Waals surface area contributed by atoms with Crippen molar-refractivity contribution in [3.05, 3.63) is 26.8 Å². The van der Waals surface area contributed by atoms with Crippen LogP contribution < -0.4 is 10.2 Å². The van der Waals surface area contributed by atoms with Gasteiger partial charge in [-0.2, -0.15) is 0 Å². The number of amides is 2. The van der Waals surface area contributed by atoms with E-state index in [0.717, 1.165) is 15.7 Å². The Morgan fingerprint density at radius 1 is 1.47 bits per heavy atom. The average molecular weight is 393 g/mol. The highest BCUT2D eigenvalue weighted by Gasteiger charge is 2.33. The van der Waals surface area contributed by atoms with Crippen molar-refractivity contribution in [2.45, 2.75) is 25.8 Å². The van der Waals surface area contributed by atoms with Gasteiger partial charge in [-0.25, -0.2) is 0 Å². The van der Waals surface area contributed by atoms with Crippen LogP contribution in [0.3, 0.4) is 0 Å². The molecule has 1 saturated heterocycles. The Morgan fingerprint density at radius 3 is 2.84 bits per heavy atom. The van der Waals surface area contributed by atoms with E-state index in [1.54, 1.807) is 18.2 Å². The number of carbonyl (C=O) groups is 2.